The maximum atomic E-state index is 12.3. The van der Waals surface area contributed by atoms with Gasteiger partial charge in [-0.15, -0.1) is 11.3 Å². The van der Waals surface area contributed by atoms with Crippen LogP contribution in [0.25, 0.3) is 10.6 Å². The highest BCUT2D eigenvalue weighted by Gasteiger charge is 2.27. The Labute approximate surface area is 169 Å². The zero-order valence-electron chi connectivity index (χ0n) is 17.2. The molecule has 0 saturated carbocycles. The zero-order chi connectivity index (χ0) is 20.5. The smallest absolute Gasteiger partial charge is 0.410 e. The van der Waals surface area contributed by atoms with Crippen LogP contribution in [0.5, 0.6) is 0 Å². The van der Waals surface area contributed by atoms with Crippen molar-refractivity contribution in [3.05, 3.63) is 33.2 Å². The lowest BCUT2D eigenvalue weighted by Crippen LogP contribution is -2.42. The van der Waals surface area contributed by atoms with Crippen LogP contribution in [0.1, 0.15) is 44.3 Å². The molecule has 0 bridgehead atoms. The van der Waals surface area contributed by atoms with E-state index in [4.69, 9.17) is 4.74 Å². The number of piperidine rings is 1. The maximum Gasteiger partial charge on any atom is 0.410 e. The summed E-state index contributed by atoms with van der Waals surface area (Å²) in [5.41, 5.74) is 1.13. The second-order valence-corrected chi connectivity index (χ2v) is 9.50. The molecule has 3 rings (SSSR count). The molecule has 152 valence electrons. The Morgan fingerprint density at radius 1 is 1.25 bits per heavy atom. The number of ether oxygens (including phenoxy) is 1. The van der Waals surface area contributed by atoms with Gasteiger partial charge in [0.25, 0.3) is 5.56 Å². The minimum atomic E-state index is -0.487. The Hall–Kier alpha value is -2.22. The van der Waals surface area contributed by atoms with Gasteiger partial charge < -0.3 is 9.64 Å². The number of aromatic nitrogens is 3. The van der Waals surface area contributed by atoms with Gasteiger partial charge in [-0.05, 0) is 59.4 Å². The number of aryl methyl sites for hydroxylation is 2. The van der Waals surface area contributed by atoms with Crippen LogP contribution in [-0.2, 0) is 11.3 Å². The minimum Gasteiger partial charge on any atom is -0.444 e. The Bertz CT molecular complexity index is 905. The van der Waals surface area contributed by atoms with Crippen LogP contribution in [0.15, 0.2) is 16.9 Å². The van der Waals surface area contributed by atoms with Gasteiger partial charge in [0.15, 0.2) is 0 Å². The molecule has 1 fully saturated rings. The van der Waals surface area contributed by atoms with Gasteiger partial charge in [0, 0.05) is 25.7 Å². The summed E-state index contributed by atoms with van der Waals surface area (Å²) in [6.07, 6.45) is 1.39. The summed E-state index contributed by atoms with van der Waals surface area (Å²) in [6.45, 7) is 11.4. The second kappa shape index (κ2) is 8.03. The summed E-state index contributed by atoms with van der Waals surface area (Å²) < 4.78 is 7.00. The average molecular weight is 405 g/mol. The summed E-state index contributed by atoms with van der Waals surface area (Å²) in [6, 6.07) is 3.34. The Balaban J connectivity index is 1.65. The molecule has 2 aromatic rings. The first-order chi connectivity index (χ1) is 13.1. The van der Waals surface area contributed by atoms with Crippen molar-refractivity contribution in [1.29, 1.82) is 0 Å². The van der Waals surface area contributed by atoms with E-state index in [-0.39, 0.29) is 11.7 Å². The molecule has 28 heavy (non-hydrogen) atoms. The van der Waals surface area contributed by atoms with Gasteiger partial charge in [0.1, 0.15) is 11.3 Å². The third-order valence-electron chi connectivity index (χ3n) is 4.70. The fourth-order valence-corrected chi connectivity index (χ4v) is 4.22. The number of rotatable bonds is 3. The Morgan fingerprint density at radius 3 is 2.50 bits per heavy atom. The molecule has 3 heterocycles. The fourth-order valence-electron chi connectivity index (χ4n) is 3.34. The lowest BCUT2D eigenvalue weighted by atomic mass is 9.97. The molecule has 8 heteroatoms. The normalized spacial score (nSPS) is 15.7. The van der Waals surface area contributed by atoms with E-state index in [1.165, 1.54) is 0 Å². The highest BCUT2D eigenvalue weighted by atomic mass is 32.1. The quantitative estimate of drug-likeness (QED) is 0.781. The predicted molar refractivity (Wildman–Crippen MR) is 110 cm³/mol. The van der Waals surface area contributed by atoms with Gasteiger partial charge in [-0.3, -0.25) is 4.79 Å². The lowest BCUT2D eigenvalue weighted by molar-refractivity contribution is 0.0176. The van der Waals surface area contributed by atoms with Crippen LogP contribution in [0, 0.1) is 19.8 Å². The molecule has 0 unspecified atom stereocenters. The highest BCUT2D eigenvalue weighted by Crippen LogP contribution is 2.27. The van der Waals surface area contributed by atoms with E-state index in [0.29, 0.717) is 25.6 Å². The molecular formula is C20H28N4O3S. The summed E-state index contributed by atoms with van der Waals surface area (Å²) in [4.78, 5) is 31.7. The van der Waals surface area contributed by atoms with Crippen molar-refractivity contribution in [2.24, 2.45) is 5.92 Å². The summed E-state index contributed by atoms with van der Waals surface area (Å²) in [7, 11) is 0. The highest BCUT2D eigenvalue weighted by molar-refractivity contribution is 7.15. The summed E-state index contributed by atoms with van der Waals surface area (Å²) >= 11 is 1.59. The van der Waals surface area contributed by atoms with Crippen molar-refractivity contribution in [2.75, 3.05) is 13.1 Å². The SMILES string of the molecule is Cc1nc(C)c(-c2ccc(=O)n(CC3CCN(C(=O)OC(C)(C)C)CC3)n2)s1. The van der Waals surface area contributed by atoms with E-state index in [1.54, 1.807) is 33.1 Å². The van der Waals surface area contributed by atoms with Crippen LogP contribution >= 0.6 is 11.3 Å². The number of amides is 1. The first kappa shape index (κ1) is 20.5. The second-order valence-electron chi connectivity index (χ2n) is 8.30. The zero-order valence-corrected chi connectivity index (χ0v) is 18.0. The molecule has 7 nitrogen and oxygen atoms in total. The molecule has 1 aliphatic rings. The Morgan fingerprint density at radius 2 is 1.93 bits per heavy atom. The van der Waals surface area contributed by atoms with E-state index in [1.807, 2.05) is 34.6 Å². The first-order valence-electron chi connectivity index (χ1n) is 9.63. The summed E-state index contributed by atoms with van der Waals surface area (Å²) in [5, 5.41) is 5.57. The van der Waals surface area contributed by atoms with Gasteiger partial charge in [-0.2, -0.15) is 5.10 Å². The molecule has 0 spiro atoms. The van der Waals surface area contributed by atoms with Gasteiger partial charge in [-0.25, -0.2) is 14.5 Å². The lowest BCUT2D eigenvalue weighted by Gasteiger charge is -2.33. The molecule has 0 N–H and O–H groups in total. The van der Waals surface area contributed by atoms with Crippen molar-refractivity contribution in [1.82, 2.24) is 19.7 Å². The average Bonchev–Trinajstić information content (AvgIpc) is 2.94. The number of hydrogen-bond acceptors (Lipinski definition) is 6. The van der Waals surface area contributed by atoms with Crippen molar-refractivity contribution in [3.63, 3.8) is 0 Å². The number of nitrogens with zero attached hydrogens (tertiary/aromatic N) is 4. The van der Waals surface area contributed by atoms with Gasteiger partial charge in [-0.1, -0.05) is 0 Å². The molecule has 0 radical (unpaired) electrons. The van der Waals surface area contributed by atoms with Crippen molar-refractivity contribution >= 4 is 17.4 Å². The van der Waals surface area contributed by atoms with Gasteiger partial charge >= 0.3 is 6.09 Å². The first-order valence-corrected chi connectivity index (χ1v) is 10.4. The van der Waals surface area contributed by atoms with Crippen molar-refractivity contribution in [2.45, 2.75) is 59.6 Å². The van der Waals surface area contributed by atoms with E-state index in [2.05, 4.69) is 10.1 Å². The monoisotopic (exact) mass is 404 g/mol. The molecule has 0 aliphatic carbocycles. The van der Waals surface area contributed by atoms with Crippen molar-refractivity contribution < 1.29 is 9.53 Å². The van der Waals surface area contributed by atoms with E-state index >= 15 is 0 Å². The third kappa shape index (κ3) is 4.98. The number of carbonyl (C=O) groups excluding carboxylic acids is 1. The molecule has 0 aromatic carbocycles. The van der Waals surface area contributed by atoms with E-state index in [9.17, 15) is 9.59 Å². The number of carbonyl (C=O) groups is 1. The minimum absolute atomic E-state index is 0.0998. The standard InChI is InChI=1S/C20H28N4O3S/c1-13-18(28-14(2)21-13)16-6-7-17(25)24(22-16)12-15-8-10-23(11-9-15)19(26)27-20(3,4)5/h6-7,15H,8-12H2,1-5H3. The largest absolute Gasteiger partial charge is 0.444 e. The van der Waals surface area contributed by atoms with Crippen LogP contribution in [0.2, 0.25) is 0 Å². The molecule has 2 aromatic heterocycles. The predicted octanol–water partition coefficient (Wildman–Crippen LogP) is 3.63. The molecule has 0 atom stereocenters. The maximum absolute atomic E-state index is 12.3. The number of thiazole rings is 1. The summed E-state index contributed by atoms with van der Waals surface area (Å²) in [5.74, 6) is 0.309. The van der Waals surface area contributed by atoms with Crippen LogP contribution in [-0.4, -0.2) is 44.4 Å². The van der Waals surface area contributed by atoms with Gasteiger partial charge in [0.05, 0.1) is 15.6 Å². The molecular weight excluding hydrogens is 376 g/mol. The van der Waals surface area contributed by atoms with Gasteiger partial charge in [0.2, 0.25) is 0 Å². The number of likely N-dealkylation sites (tertiary alicyclic amines) is 1. The van der Waals surface area contributed by atoms with E-state index in [0.717, 1.165) is 34.1 Å². The topological polar surface area (TPSA) is 77.3 Å². The van der Waals surface area contributed by atoms with Crippen LogP contribution in [0.3, 0.4) is 0 Å². The molecule has 1 aliphatic heterocycles. The number of hydrogen-bond donors (Lipinski definition) is 0. The van der Waals surface area contributed by atoms with E-state index < -0.39 is 5.60 Å². The Kier molecular flexibility index (Phi) is 5.88. The third-order valence-corrected chi connectivity index (χ3v) is 5.80. The van der Waals surface area contributed by atoms with Crippen molar-refractivity contribution in [3.8, 4) is 10.6 Å². The van der Waals surface area contributed by atoms with Crippen LogP contribution in [0.4, 0.5) is 4.79 Å². The van der Waals surface area contributed by atoms with Crippen LogP contribution < -0.4 is 5.56 Å². The molecule has 1 amide bonds. The fraction of sp³-hybridized carbons (Fsp3) is 0.600. The molecule has 1 saturated heterocycles.